The molecular weight excluding hydrogens is 267 g/mol. The van der Waals surface area contributed by atoms with Gasteiger partial charge in [-0.05, 0) is 12.1 Å². The molecule has 0 aliphatic carbocycles. The van der Waals surface area contributed by atoms with Crippen LogP contribution in [0.1, 0.15) is 28.4 Å². The Morgan fingerprint density at radius 2 is 2.00 bits per heavy atom. The normalized spacial score (nSPS) is 12.2. The van der Waals surface area contributed by atoms with E-state index >= 15 is 0 Å². The molecule has 17 heavy (non-hydrogen) atoms. The molecule has 0 aliphatic rings. The summed E-state index contributed by atoms with van der Waals surface area (Å²) in [7, 11) is 0. The van der Waals surface area contributed by atoms with Crippen LogP contribution in [0.2, 0.25) is 5.02 Å². The highest BCUT2D eigenvalue weighted by molar-refractivity contribution is 6.31. The molecule has 0 saturated carbocycles. The lowest BCUT2D eigenvalue weighted by Gasteiger charge is -2.11. The number of aliphatic hydroxyl groups excluding tert-OH is 1. The summed E-state index contributed by atoms with van der Waals surface area (Å²) in [5.74, 6) is -1.65. The van der Waals surface area contributed by atoms with Gasteiger partial charge >= 0.3 is 5.97 Å². The quantitative estimate of drug-likeness (QED) is 0.639. The molecule has 6 heteroatoms. The zero-order valence-electron chi connectivity index (χ0n) is 8.69. The zero-order valence-corrected chi connectivity index (χ0v) is 10.2. The first-order valence-electron chi connectivity index (χ1n) is 4.77. The number of aliphatic hydroxyl groups is 1. The summed E-state index contributed by atoms with van der Waals surface area (Å²) in [6.45, 7) is 0. The average Bonchev–Trinajstić information content (AvgIpc) is 2.28. The highest BCUT2D eigenvalue weighted by Gasteiger charge is 2.22. The molecule has 1 atom stereocenters. The number of carboxylic acids is 1. The van der Waals surface area contributed by atoms with Gasteiger partial charge in [-0.25, -0.2) is 4.79 Å². The van der Waals surface area contributed by atoms with Crippen LogP contribution < -0.4 is 0 Å². The van der Waals surface area contributed by atoms with Gasteiger partial charge in [-0.3, -0.25) is 4.79 Å². The number of hydrogen-bond acceptors (Lipinski definition) is 3. The fourth-order valence-corrected chi connectivity index (χ4v) is 1.71. The number of hydrogen-bond donors (Lipinski definition) is 2. The van der Waals surface area contributed by atoms with Gasteiger partial charge in [-0.2, -0.15) is 0 Å². The largest absolute Gasteiger partial charge is 0.479 e. The number of carbonyl (C=O) groups excluding carboxylic acids is 1. The maximum Gasteiger partial charge on any atom is 0.337 e. The first-order valence-corrected chi connectivity index (χ1v) is 5.68. The summed E-state index contributed by atoms with van der Waals surface area (Å²) in [6.07, 6.45) is -1.69. The SMILES string of the molecule is O=C(CCCl)c1cc(Cl)ccc1C(O)C(=O)O. The molecule has 0 heterocycles. The van der Waals surface area contributed by atoms with Crippen LogP contribution in [-0.4, -0.2) is 27.8 Å². The van der Waals surface area contributed by atoms with Crippen molar-refractivity contribution in [1.82, 2.24) is 0 Å². The van der Waals surface area contributed by atoms with Crippen LogP contribution in [0.5, 0.6) is 0 Å². The van der Waals surface area contributed by atoms with E-state index in [0.717, 1.165) is 0 Å². The molecule has 0 saturated heterocycles. The van der Waals surface area contributed by atoms with Gasteiger partial charge in [-0.15, -0.1) is 11.6 Å². The van der Waals surface area contributed by atoms with Crippen LogP contribution in [0.25, 0.3) is 0 Å². The molecule has 0 bridgehead atoms. The zero-order chi connectivity index (χ0) is 13.0. The number of benzene rings is 1. The van der Waals surface area contributed by atoms with E-state index in [4.69, 9.17) is 28.3 Å². The topological polar surface area (TPSA) is 74.6 Å². The first-order chi connectivity index (χ1) is 7.97. The number of carbonyl (C=O) groups is 2. The number of halogens is 2. The second kappa shape index (κ2) is 6.00. The summed E-state index contributed by atoms with van der Waals surface area (Å²) < 4.78 is 0. The molecule has 1 aromatic rings. The van der Waals surface area contributed by atoms with Crippen molar-refractivity contribution in [3.8, 4) is 0 Å². The Kier molecular flexibility index (Phi) is 4.93. The maximum absolute atomic E-state index is 11.7. The highest BCUT2D eigenvalue weighted by Crippen LogP contribution is 2.23. The highest BCUT2D eigenvalue weighted by atomic mass is 35.5. The van der Waals surface area contributed by atoms with Gasteiger partial charge in [0, 0.05) is 28.5 Å². The van der Waals surface area contributed by atoms with Gasteiger partial charge in [-0.1, -0.05) is 17.7 Å². The van der Waals surface area contributed by atoms with Crippen molar-refractivity contribution in [3.63, 3.8) is 0 Å². The van der Waals surface area contributed by atoms with Crippen molar-refractivity contribution < 1.29 is 19.8 Å². The predicted molar refractivity (Wildman–Crippen MR) is 63.7 cm³/mol. The molecule has 1 rings (SSSR count). The molecule has 0 radical (unpaired) electrons. The minimum atomic E-state index is -1.75. The number of Topliss-reactive ketones (excluding diaryl/α,β-unsaturated/α-hetero) is 1. The Balaban J connectivity index is 3.21. The van der Waals surface area contributed by atoms with Crippen LogP contribution in [0.15, 0.2) is 18.2 Å². The molecule has 0 fully saturated rings. The standard InChI is InChI=1S/C11H10Cl2O4/c12-4-3-9(14)8-5-6(13)1-2-7(8)10(15)11(16)17/h1-2,5,10,15H,3-4H2,(H,16,17). The van der Waals surface area contributed by atoms with E-state index in [-0.39, 0.29) is 29.2 Å². The summed E-state index contributed by atoms with van der Waals surface area (Å²) in [5.41, 5.74) is 0.116. The van der Waals surface area contributed by atoms with Crippen molar-refractivity contribution in [2.45, 2.75) is 12.5 Å². The first kappa shape index (κ1) is 14.0. The van der Waals surface area contributed by atoms with Crippen molar-refractivity contribution in [1.29, 1.82) is 0 Å². The minimum Gasteiger partial charge on any atom is -0.479 e. The van der Waals surface area contributed by atoms with Crippen LogP contribution in [0.4, 0.5) is 0 Å². The molecule has 1 unspecified atom stereocenters. The molecule has 4 nitrogen and oxygen atoms in total. The van der Waals surface area contributed by atoms with Crippen LogP contribution in [0, 0.1) is 0 Å². The Bertz CT molecular complexity index is 445. The number of rotatable bonds is 5. The van der Waals surface area contributed by atoms with Crippen LogP contribution in [-0.2, 0) is 4.79 Å². The number of carboxylic acid groups (broad SMARTS) is 1. The van der Waals surface area contributed by atoms with Gasteiger partial charge in [0.05, 0.1) is 0 Å². The minimum absolute atomic E-state index is 0.0250. The van der Waals surface area contributed by atoms with Gasteiger partial charge < -0.3 is 10.2 Å². The lowest BCUT2D eigenvalue weighted by atomic mass is 9.98. The second-order valence-electron chi connectivity index (χ2n) is 3.33. The third kappa shape index (κ3) is 3.43. The Labute approximate surface area is 108 Å². The van der Waals surface area contributed by atoms with Crippen LogP contribution in [0.3, 0.4) is 0 Å². The number of aliphatic carboxylic acids is 1. The van der Waals surface area contributed by atoms with E-state index in [9.17, 15) is 14.7 Å². The summed E-state index contributed by atoms with van der Waals surface area (Å²) in [6, 6.07) is 4.07. The number of ketones is 1. The molecule has 0 spiro atoms. The van der Waals surface area contributed by atoms with E-state index < -0.39 is 12.1 Å². The van der Waals surface area contributed by atoms with Crippen molar-refractivity contribution in [2.75, 3.05) is 5.88 Å². The summed E-state index contributed by atoms with van der Waals surface area (Å²) in [4.78, 5) is 22.4. The smallest absolute Gasteiger partial charge is 0.337 e. The van der Waals surface area contributed by atoms with Crippen molar-refractivity contribution in [3.05, 3.63) is 34.3 Å². The van der Waals surface area contributed by atoms with Crippen molar-refractivity contribution in [2.24, 2.45) is 0 Å². The maximum atomic E-state index is 11.7. The molecule has 0 aromatic heterocycles. The Hall–Kier alpha value is -1.10. The average molecular weight is 277 g/mol. The summed E-state index contributed by atoms with van der Waals surface area (Å²) in [5, 5.41) is 18.5. The fraction of sp³-hybridized carbons (Fsp3) is 0.273. The van der Waals surface area contributed by atoms with E-state index in [1.54, 1.807) is 0 Å². The monoisotopic (exact) mass is 276 g/mol. The van der Waals surface area contributed by atoms with Gasteiger partial charge in [0.1, 0.15) is 0 Å². The lowest BCUT2D eigenvalue weighted by molar-refractivity contribution is -0.146. The third-order valence-corrected chi connectivity index (χ3v) is 2.59. The molecular formula is C11H10Cl2O4. The van der Waals surface area contributed by atoms with Gasteiger partial charge in [0.2, 0.25) is 0 Å². The number of alkyl halides is 1. The Morgan fingerprint density at radius 3 is 2.53 bits per heavy atom. The molecule has 0 amide bonds. The van der Waals surface area contributed by atoms with Crippen molar-refractivity contribution >= 4 is 35.0 Å². The van der Waals surface area contributed by atoms with Gasteiger partial charge in [0.25, 0.3) is 0 Å². The second-order valence-corrected chi connectivity index (χ2v) is 4.15. The van der Waals surface area contributed by atoms with Gasteiger partial charge in [0.15, 0.2) is 11.9 Å². The predicted octanol–water partition coefficient (Wildman–Crippen LogP) is 2.27. The molecule has 2 N–H and O–H groups in total. The van der Waals surface area contributed by atoms with E-state index in [2.05, 4.69) is 0 Å². The van der Waals surface area contributed by atoms with E-state index in [1.165, 1.54) is 18.2 Å². The van der Waals surface area contributed by atoms with E-state index in [0.29, 0.717) is 5.02 Å². The van der Waals surface area contributed by atoms with Crippen LogP contribution >= 0.6 is 23.2 Å². The Morgan fingerprint density at radius 1 is 1.35 bits per heavy atom. The summed E-state index contributed by atoms with van der Waals surface area (Å²) >= 11 is 11.2. The lowest BCUT2D eigenvalue weighted by Crippen LogP contribution is -2.15. The van der Waals surface area contributed by atoms with E-state index in [1.807, 2.05) is 0 Å². The molecule has 0 aliphatic heterocycles. The molecule has 92 valence electrons. The fourth-order valence-electron chi connectivity index (χ4n) is 1.36. The third-order valence-electron chi connectivity index (χ3n) is 2.17. The molecule has 1 aromatic carbocycles.